The Labute approximate surface area is 111 Å². The fourth-order valence-electron chi connectivity index (χ4n) is 2.40. The van der Waals surface area contributed by atoms with Crippen LogP contribution in [0.25, 0.3) is 0 Å². The van der Waals surface area contributed by atoms with Gasteiger partial charge in [-0.05, 0) is 60.0 Å². The van der Waals surface area contributed by atoms with E-state index in [0.29, 0.717) is 18.5 Å². The smallest absolute Gasteiger partial charge is 0.320 e. The largest absolute Gasteiger partial charge is 0.459 e. The normalized spacial score (nSPS) is 23.7. The highest BCUT2D eigenvalue weighted by molar-refractivity contribution is 5.72. The summed E-state index contributed by atoms with van der Waals surface area (Å²) in [6.45, 7) is 10.4. The molecule has 2 atom stereocenters. The average molecular weight is 256 g/mol. The third-order valence-electron chi connectivity index (χ3n) is 3.36. The molecule has 0 aromatic heterocycles. The fourth-order valence-corrected chi connectivity index (χ4v) is 2.40. The number of nitrogens with zero attached hydrogens (tertiary/aromatic N) is 1. The van der Waals surface area contributed by atoms with Crippen molar-refractivity contribution >= 4 is 5.97 Å². The Balaban J connectivity index is 2.28. The molecule has 1 saturated heterocycles. The molecular formula is C14H28N2O2. The van der Waals surface area contributed by atoms with Crippen LogP contribution >= 0.6 is 0 Å². The quantitative estimate of drug-likeness (QED) is 0.777. The molecule has 1 aliphatic rings. The molecule has 1 fully saturated rings. The van der Waals surface area contributed by atoms with Gasteiger partial charge < -0.3 is 15.0 Å². The van der Waals surface area contributed by atoms with Gasteiger partial charge in [0.25, 0.3) is 0 Å². The second-order valence-corrected chi connectivity index (χ2v) is 6.42. The predicted molar refractivity (Wildman–Crippen MR) is 73.5 cm³/mol. The lowest BCUT2D eigenvalue weighted by Gasteiger charge is -2.34. The van der Waals surface area contributed by atoms with E-state index in [2.05, 4.69) is 24.2 Å². The van der Waals surface area contributed by atoms with Crippen LogP contribution in [0, 0.1) is 5.92 Å². The highest BCUT2D eigenvalue weighted by Crippen LogP contribution is 2.18. The number of rotatable bonds is 4. The Morgan fingerprint density at radius 3 is 2.72 bits per heavy atom. The van der Waals surface area contributed by atoms with Gasteiger partial charge in [0.1, 0.15) is 5.60 Å². The van der Waals surface area contributed by atoms with Gasteiger partial charge in [0.2, 0.25) is 0 Å². The van der Waals surface area contributed by atoms with E-state index < -0.39 is 5.60 Å². The third-order valence-corrected chi connectivity index (χ3v) is 3.36. The van der Waals surface area contributed by atoms with Gasteiger partial charge in [0, 0.05) is 12.6 Å². The van der Waals surface area contributed by atoms with Crippen LogP contribution in [-0.4, -0.2) is 49.2 Å². The Kier molecular flexibility index (Phi) is 5.60. The average Bonchev–Trinajstić information content (AvgIpc) is 2.23. The van der Waals surface area contributed by atoms with Crippen LogP contribution in [0.3, 0.4) is 0 Å². The molecule has 106 valence electrons. The second-order valence-electron chi connectivity index (χ2n) is 6.42. The minimum Gasteiger partial charge on any atom is -0.459 e. The van der Waals surface area contributed by atoms with Crippen molar-refractivity contribution in [2.24, 2.45) is 5.92 Å². The molecule has 0 radical (unpaired) electrons. The minimum atomic E-state index is -0.396. The highest BCUT2D eigenvalue weighted by Gasteiger charge is 2.23. The van der Waals surface area contributed by atoms with E-state index in [4.69, 9.17) is 4.74 Å². The summed E-state index contributed by atoms with van der Waals surface area (Å²) < 4.78 is 5.28. The minimum absolute atomic E-state index is 0.168. The first-order valence-electron chi connectivity index (χ1n) is 6.92. The van der Waals surface area contributed by atoms with E-state index in [0.717, 1.165) is 6.54 Å². The summed E-state index contributed by atoms with van der Waals surface area (Å²) in [4.78, 5) is 14.0. The Hall–Kier alpha value is -0.610. The van der Waals surface area contributed by atoms with Crippen molar-refractivity contribution in [3.63, 3.8) is 0 Å². The summed E-state index contributed by atoms with van der Waals surface area (Å²) in [5.74, 6) is 0.463. The highest BCUT2D eigenvalue weighted by atomic mass is 16.6. The van der Waals surface area contributed by atoms with Crippen LogP contribution < -0.4 is 5.32 Å². The number of likely N-dealkylation sites (tertiary alicyclic amines) is 1. The lowest BCUT2D eigenvalue weighted by Crippen LogP contribution is -2.45. The fraction of sp³-hybridized carbons (Fsp3) is 0.929. The molecule has 4 nitrogen and oxygen atoms in total. The number of nitrogens with one attached hydrogen (secondary N) is 1. The molecule has 0 saturated carbocycles. The lowest BCUT2D eigenvalue weighted by atomic mass is 9.92. The molecule has 0 spiro atoms. The predicted octanol–water partition coefficient (Wildman–Crippen LogP) is 1.65. The molecule has 2 unspecified atom stereocenters. The van der Waals surface area contributed by atoms with Crippen LogP contribution in [-0.2, 0) is 9.53 Å². The van der Waals surface area contributed by atoms with Crippen molar-refractivity contribution in [2.45, 2.75) is 52.2 Å². The van der Waals surface area contributed by atoms with Gasteiger partial charge in [-0.2, -0.15) is 0 Å². The number of carbonyl (C=O) groups is 1. The standard InChI is InChI=1S/C14H28N2O2/c1-11(12-7-6-8-16(5)10-12)15-9-13(17)18-14(2,3)4/h11-12,15H,6-10H2,1-5H3. The number of ether oxygens (including phenoxy) is 1. The van der Waals surface area contributed by atoms with Gasteiger partial charge in [0.05, 0.1) is 6.54 Å². The monoisotopic (exact) mass is 256 g/mol. The van der Waals surface area contributed by atoms with Gasteiger partial charge in [-0.25, -0.2) is 0 Å². The van der Waals surface area contributed by atoms with Crippen molar-refractivity contribution in [1.29, 1.82) is 0 Å². The van der Waals surface area contributed by atoms with Gasteiger partial charge in [-0.1, -0.05) is 0 Å². The summed E-state index contributed by atoms with van der Waals surface area (Å²) in [6, 6.07) is 0.361. The van der Waals surface area contributed by atoms with E-state index in [9.17, 15) is 4.79 Å². The molecule has 0 amide bonds. The molecule has 0 aromatic rings. The van der Waals surface area contributed by atoms with E-state index in [1.54, 1.807) is 0 Å². The number of piperidine rings is 1. The first-order chi connectivity index (χ1) is 8.28. The molecule has 0 aliphatic carbocycles. The van der Waals surface area contributed by atoms with Crippen LogP contribution in [0.4, 0.5) is 0 Å². The van der Waals surface area contributed by atoms with E-state index >= 15 is 0 Å². The maximum Gasteiger partial charge on any atom is 0.320 e. The summed E-state index contributed by atoms with van der Waals surface area (Å²) in [7, 11) is 2.16. The van der Waals surface area contributed by atoms with Gasteiger partial charge in [-0.15, -0.1) is 0 Å². The van der Waals surface area contributed by atoms with Gasteiger partial charge in [-0.3, -0.25) is 4.79 Å². The van der Waals surface area contributed by atoms with E-state index in [1.165, 1.54) is 19.4 Å². The number of hydrogen-bond donors (Lipinski definition) is 1. The topological polar surface area (TPSA) is 41.6 Å². The summed E-state index contributed by atoms with van der Waals surface area (Å²) in [5, 5.41) is 3.29. The molecular weight excluding hydrogens is 228 g/mol. The molecule has 1 aliphatic heterocycles. The van der Waals surface area contributed by atoms with E-state index in [1.807, 2.05) is 20.8 Å². The molecule has 0 bridgehead atoms. The first-order valence-corrected chi connectivity index (χ1v) is 6.92. The maximum absolute atomic E-state index is 11.6. The zero-order chi connectivity index (χ0) is 13.8. The van der Waals surface area contributed by atoms with Crippen molar-refractivity contribution in [1.82, 2.24) is 10.2 Å². The van der Waals surface area contributed by atoms with Crippen LogP contribution in [0.2, 0.25) is 0 Å². The van der Waals surface area contributed by atoms with Gasteiger partial charge >= 0.3 is 5.97 Å². The van der Waals surface area contributed by atoms with Crippen molar-refractivity contribution < 1.29 is 9.53 Å². The zero-order valence-corrected chi connectivity index (χ0v) is 12.5. The maximum atomic E-state index is 11.6. The Morgan fingerprint density at radius 2 is 2.17 bits per heavy atom. The van der Waals surface area contributed by atoms with Crippen LogP contribution in [0.15, 0.2) is 0 Å². The SMILES string of the molecule is CC(NCC(=O)OC(C)(C)C)C1CCCN(C)C1. The van der Waals surface area contributed by atoms with Crippen molar-refractivity contribution in [3.05, 3.63) is 0 Å². The van der Waals surface area contributed by atoms with Crippen molar-refractivity contribution in [3.8, 4) is 0 Å². The van der Waals surface area contributed by atoms with Crippen molar-refractivity contribution in [2.75, 3.05) is 26.7 Å². The molecule has 1 heterocycles. The number of esters is 1. The molecule has 4 heteroatoms. The van der Waals surface area contributed by atoms with Crippen LogP contribution in [0.5, 0.6) is 0 Å². The first kappa shape index (κ1) is 15.4. The summed E-state index contributed by atoms with van der Waals surface area (Å²) in [6.07, 6.45) is 2.49. The Bertz CT molecular complexity index is 273. The van der Waals surface area contributed by atoms with E-state index in [-0.39, 0.29) is 5.97 Å². The summed E-state index contributed by atoms with van der Waals surface area (Å²) >= 11 is 0. The Morgan fingerprint density at radius 1 is 1.50 bits per heavy atom. The summed E-state index contributed by atoms with van der Waals surface area (Å²) in [5.41, 5.74) is -0.396. The van der Waals surface area contributed by atoms with Gasteiger partial charge in [0.15, 0.2) is 0 Å². The molecule has 0 aromatic carbocycles. The second kappa shape index (κ2) is 6.53. The molecule has 1 N–H and O–H groups in total. The molecule has 18 heavy (non-hydrogen) atoms. The third kappa shape index (κ3) is 5.83. The number of hydrogen-bond acceptors (Lipinski definition) is 4. The number of carbonyl (C=O) groups excluding carboxylic acids is 1. The zero-order valence-electron chi connectivity index (χ0n) is 12.5. The van der Waals surface area contributed by atoms with Crippen LogP contribution in [0.1, 0.15) is 40.5 Å². The lowest BCUT2D eigenvalue weighted by molar-refractivity contribution is -0.153. The molecule has 1 rings (SSSR count).